The highest BCUT2D eigenvalue weighted by atomic mass is 32.2. The quantitative estimate of drug-likeness (QED) is 0.0429. The van der Waals surface area contributed by atoms with Crippen LogP contribution < -0.4 is 16.4 Å². The highest BCUT2D eigenvalue weighted by Crippen LogP contribution is 2.36. The van der Waals surface area contributed by atoms with Crippen LogP contribution in [-0.2, 0) is 9.74 Å². The van der Waals surface area contributed by atoms with Crippen molar-refractivity contribution in [1.29, 1.82) is 0 Å². The zero-order chi connectivity index (χ0) is 34.0. The largest absolute Gasteiger partial charge is 0.376 e. The third kappa shape index (κ3) is 17.9. The standard InChI is InChI=1S/C15H20N4S2.C11H20F2N2O2.C4H8.C2H3N/c1-10-5-6-14(17-7-10)18-9-20-8-13(16-4)15-11(2)19-12(3)21-15;1-2-3-10-7-14(4-5-15(10)9-16)8-11(6-12)17-13;1-3-4-2;1-2-3/h5-8,12,19H,4,9H2,1-3H3,(H,17,18);9-11H,2-8H2,1H3;3-4H,1-2H3;1H,3H2/b13-8-;;;/t;10-,11?;;/m.0../s1. The summed E-state index contributed by atoms with van der Waals surface area (Å²) in [6.07, 6.45) is 12.0. The number of carbonyl (C=O) groups is 1. The number of hydrogen-bond donors (Lipinski definition) is 3. The number of hydrogen-bond acceptors (Lipinski definition) is 10. The van der Waals surface area contributed by atoms with E-state index in [2.05, 4.69) is 65.2 Å². The molecule has 0 radical (unpaired) electrons. The highest BCUT2D eigenvalue weighted by Gasteiger charge is 2.27. The Labute approximate surface area is 277 Å². The molecular formula is C32H51F2N7O2S2. The monoisotopic (exact) mass is 667 g/mol. The minimum absolute atomic E-state index is 0.145. The Morgan fingerprint density at radius 3 is 2.56 bits per heavy atom. The van der Waals surface area contributed by atoms with Gasteiger partial charge in [0.15, 0.2) is 0 Å². The molecule has 1 saturated heterocycles. The summed E-state index contributed by atoms with van der Waals surface area (Å²) in [6.45, 7) is 17.3. The van der Waals surface area contributed by atoms with Gasteiger partial charge in [-0.25, -0.2) is 9.37 Å². The molecule has 252 valence electrons. The van der Waals surface area contributed by atoms with E-state index < -0.39 is 12.8 Å². The molecule has 0 saturated carbocycles. The highest BCUT2D eigenvalue weighted by molar-refractivity contribution is 8.04. The lowest BCUT2D eigenvalue weighted by Crippen LogP contribution is -2.54. The van der Waals surface area contributed by atoms with Crippen LogP contribution in [0.2, 0.25) is 0 Å². The third-order valence-corrected chi connectivity index (χ3v) is 8.29. The van der Waals surface area contributed by atoms with Gasteiger partial charge in [-0.2, -0.15) is 4.94 Å². The molecule has 3 heterocycles. The van der Waals surface area contributed by atoms with E-state index in [-0.39, 0.29) is 12.6 Å². The Balaban J connectivity index is 0.000000724. The predicted molar refractivity (Wildman–Crippen MR) is 189 cm³/mol. The summed E-state index contributed by atoms with van der Waals surface area (Å²) in [5.74, 6) is 1.63. The Kier molecular flexibility index (Phi) is 24.4. The number of nitrogens with zero attached hydrogens (tertiary/aromatic N) is 4. The number of thioether (sulfide) groups is 2. The average Bonchev–Trinajstić information content (AvgIpc) is 3.38. The fourth-order valence-corrected chi connectivity index (χ4v) is 5.91. The fourth-order valence-electron chi connectivity index (χ4n) is 4.11. The van der Waals surface area contributed by atoms with Crippen LogP contribution >= 0.6 is 23.5 Å². The molecule has 1 aromatic rings. The Bertz CT molecular complexity index is 1090. The van der Waals surface area contributed by atoms with E-state index in [4.69, 9.17) is 0 Å². The first-order valence-corrected chi connectivity index (χ1v) is 16.7. The molecule has 1 fully saturated rings. The molecule has 0 aliphatic carbocycles. The Morgan fingerprint density at radius 1 is 1.40 bits per heavy atom. The first-order chi connectivity index (χ1) is 21.7. The van der Waals surface area contributed by atoms with Gasteiger partial charge in [0.05, 0.1) is 21.9 Å². The number of aromatic nitrogens is 1. The molecule has 2 aliphatic heterocycles. The van der Waals surface area contributed by atoms with Gasteiger partial charge in [0.25, 0.3) is 0 Å². The lowest BCUT2D eigenvalue weighted by atomic mass is 10.1. The number of amides is 1. The zero-order valence-electron chi connectivity index (χ0n) is 27.5. The maximum absolute atomic E-state index is 12.3. The van der Waals surface area contributed by atoms with Crippen molar-refractivity contribution < 1.29 is 18.7 Å². The SMILES string of the molecule is C#CN.C=N/C(=C\SCNc1ccc(C)cn1)C1=C(C)NC(C)S1.CC=CC.CCC[C@H]1CN(CC(CF)OF)CCN1C=O. The van der Waals surface area contributed by atoms with Gasteiger partial charge >= 0.3 is 0 Å². The molecule has 2 aliphatic rings. The average molecular weight is 668 g/mol. The van der Waals surface area contributed by atoms with Crippen LogP contribution in [0.5, 0.6) is 0 Å². The summed E-state index contributed by atoms with van der Waals surface area (Å²) >= 11 is 3.44. The van der Waals surface area contributed by atoms with Crippen molar-refractivity contribution >= 4 is 42.5 Å². The van der Waals surface area contributed by atoms with E-state index in [0.29, 0.717) is 25.0 Å². The van der Waals surface area contributed by atoms with Gasteiger partial charge < -0.3 is 21.3 Å². The molecule has 3 rings (SSSR count). The molecule has 3 atom stereocenters. The van der Waals surface area contributed by atoms with Gasteiger partial charge in [0.2, 0.25) is 6.41 Å². The van der Waals surface area contributed by atoms with Gasteiger partial charge in [-0.3, -0.25) is 14.7 Å². The van der Waals surface area contributed by atoms with Crippen molar-refractivity contribution in [3.8, 4) is 12.5 Å². The Morgan fingerprint density at radius 2 is 2.09 bits per heavy atom. The molecule has 1 aromatic heterocycles. The lowest BCUT2D eigenvalue weighted by molar-refractivity contribution is -0.190. The second-order valence-electron chi connectivity index (χ2n) is 9.97. The number of nitrogens with one attached hydrogen (secondary N) is 2. The summed E-state index contributed by atoms with van der Waals surface area (Å²) < 4.78 is 24.3. The predicted octanol–water partition coefficient (Wildman–Crippen LogP) is 6.24. The maximum Gasteiger partial charge on any atom is 0.210 e. The molecule has 1 amide bonds. The molecule has 2 unspecified atom stereocenters. The normalized spacial score (nSPS) is 18.6. The molecule has 0 bridgehead atoms. The van der Waals surface area contributed by atoms with E-state index in [1.54, 1.807) is 34.5 Å². The van der Waals surface area contributed by atoms with Crippen molar-refractivity contribution in [2.24, 2.45) is 10.7 Å². The molecule has 0 spiro atoms. The number of terminal acetylenes is 1. The molecule has 45 heavy (non-hydrogen) atoms. The van der Waals surface area contributed by atoms with Crippen LogP contribution in [-0.4, -0.2) is 84.2 Å². The lowest BCUT2D eigenvalue weighted by Gasteiger charge is -2.40. The third-order valence-electron chi connectivity index (χ3n) is 6.36. The zero-order valence-corrected chi connectivity index (χ0v) is 29.1. The summed E-state index contributed by atoms with van der Waals surface area (Å²) in [5, 5.41) is 9.09. The minimum atomic E-state index is -1.01. The van der Waals surface area contributed by atoms with Gasteiger partial charge in [-0.15, -0.1) is 11.8 Å². The van der Waals surface area contributed by atoms with E-state index >= 15 is 0 Å². The van der Waals surface area contributed by atoms with Crippen LogP contribution in [0.15, 0.2) is 57.2 Å². The van der Waals surface area contributed by atoms with Crippen molar-refractivity contribution in [2.75, 3.05) is 44.0 Å². The smallest absolute Gasteiger partial charge is 0.210 e. The van der Waals surface area contributed by atoms with Crippen molar-refractivity contribution in [1.82, 2.24) is 20.1 Å². The maximum atomic E-state index is 12.3. The first-order valence-electron chi connectivity index (χ1n) is 14.8. The number of pyridine rings is 1. The summed E-state index contributed by atoms with van der Waals surface area (Å²) in [5.41, 5.74) is 7.63. The summed E-state index contributed by atoms with van der Waals surface area (Å²) in [4.78, 5) is 27.7. The molecule has 4 N–H and O–H groups in total. The van der Waals surface area contributed by atoms with Crippen LogP contribution in [0.25, 0.3) is 0 Å². The van der Waals surface area contributed by atoms with E-state index in [9.17, 15) is 13.7 Å². The van der Waals surface area contributed by atoms with Crippen LogP contribution in [0.3, 0.4) is 0 Å². The molecular weight excluding hydrogens is 617 g/mol. The van der Waals surface area contributed by atoms with Gasteiger partial charge in [0, 0.05) is 44.1 Å². The number of allylic oxidation sites excluding steroid dienone is 3. The number of aliphatic imine (C=N–C) groups is 1. The second kappa shape index (κ2) is 26.2. The molecule has 9 nitrogen and oxygen atoms in total. The number of alkyl halides is 1. The molecule has 13 heteroatoms. The van der Waals surface area contributed by atoms with Crippen molar-refractivity contribution in [3.05, 3.63) is 57.8 Å². The summed E-state index contributed by atoms with van der Waals surface area (Å²) in [6, 6.07) is 5.92. The topological polar surface area (TPSA) is 108 Å². The minimum Gasteiger partial charge on any atom is -0.376 e. The van der Waals surface area contributed by atoms with Crippen LogP contribution in [0, 0.1) is 19.4 Å². The van der Waals surface area contributed by atoms with E-state index in [1.165, 1.54) is 10.6 Å². The van der Waals surface area contributed by atoms with Crippen LogP contribution in [0.1, 0.15) is 53.0 Å². The molecule has 0 aromatic carbocycles. The summed E-state index contributed by atoms with van der Waals surface area (Å²) in [7, 11) is 0. The second-order valence-corrected chi connectivity index (χ2v) is 12.2. The fraction of sp³-hybridized carbons (Fsp3) is 0.531. The first kappa shape index (κ1) is 42.0. The van der Waals surface area contributed by atoms with Gasteiger partial charge in [-0.1, -0.05) is 49.7 Å². The number of carbonyl (C=O) groups excluding carboxylic acids is 1. The van der Waals surface area contributed by atoms with Crippen LogP contribution in [0.4, 0.5) is 14.7 Å². The van der Waals surface area contributed by atoms with Gasteiger partial charge in [-0.05, 0) is 75.4 Å². The number of aryl methyl sites for hydroxylation is 1. The number of nitrogens with two attached hydrogens (primary N) is 1. The number of rotatable bonds is 13. The van der Waals surface area contributed by atoms with Crippen molar-refractivity contribution in [3.63, 3.8) is 0 Å². The number of halogens is 2. The van der Waals surface area contributed by atoms with E-state index in [0.717, 1.165) is 42.2 Å². The van der Waals surface area contributed by atoms with Gasteiger partial charge in [0.1, 0.15) is 18.6 Å². The van der Waals surface area contributed by atoms with Crippen molar-refractivity contribution in [2.45, 2.75) is 71.9 Å². The number of piperazine rings is 1. The Hall–Kier alpha value is -3.05. The number of anilines is 1. The van der Waals surface area contributed by atoms with E-state index in [1.807, 2.05) is 61.6 Å².